The molecule has 0 radical (unpaired) electrons. The molecule has 0 amide bonds. The van der Waals surface area contributed by atoms with E-state index in [2.05, 4.69) is 4.98 Å². The molecule has 12 heavy (non-hydrogen) atoms. The predicted molar refractivity (Wildman–Crippen MR) is 37.5 cm³/mol. The lowest BCUT2D eigenvalue weighted by molar-refractivity contribution is 0.0992. The van der Waals surface area contributed by atoms with Crippen LogP contribution in [-0.4, -0.2) is 17.3 Å². The second-order valence-electron chi connectivity index (χ2n) is 2.11. The highest BCUT2D eigenvalue weighted by Crippen LogP contribution is 2.05. The molecule has 5 heteroatoms. The largest absolute Gasteiger partial charge is 0.324 e. The molecule has 0 aliphatic rings. The third kappa shape index (κ3) is 1.62. The van der Waals surface area contributed by atoms with Crippen molar-refractivity contribution >= 4 is 5.78 Å². The summed E-state index contributed by atoms with van der Waals surface area (Å²) in [6.45, 7) is -0.338. The molecule has 0 bridgehead atoms. The fourth-order valence-corrected chi connectivity index (χ4v) is 0.716. The van der Waals surface area contributed by atoms with Crippen molar-refractivity contribution in [3.05, 3.63) is 29.6 Å². The highest BCUT2D eigenvalue weighted by atomic mass is 19.1. The van der Waals surface area contributed by atoms with Crippen LogP contribution in [0.2, 0.25) is 0 Å². The molecule has 2 N–H and O–H groups in total. The van der Waals surface area contributed by atoms with Gasteiger partial charge in [-0.25, -0.2) is 13.8 Å². The third-order valence-corrected chi connectivity index (χ3v) is 1.26. The summed E-state index contributed by atoms with van der Waals surface area (Å²) in [5.74, 6) is -2.45. The molecule has 3 nitrogen and oxygen atoms in total. The van der Waals surface area contributed by atoms with Gasteiger partial charge in [0.05, 0.1) is 12.7 Å². The molecule has 0 aliphatic heterocycles. The maximum atomic E-state index is 12.7. The number of hydrogen-bond acceptors (Lipinski definition) is 3. The molecule has 0 aromatic carbocycles. The molecular formula is C7H6F2N2O. The van der Waals surface area contributed by atoms with Gasteiger partial charge in [0.15, 0.2) is 11.6 Å². The van der Waals surface area contributed by atoms with Crippen molar-refractivity contribution in [2.75, 3.05) is 6.54 Å². The first-order valence-electron chi connectivity index (χ1n) is 3.19. The van der Waals surface area contributed by atoms with Gasteiger partial charge in [0, 0.05) is 6.07 Å². The molecule has 0 aliphatic carbocycles. The Morgan fingerprint density at radius 3 is 2.75 bits per heavy atom. The normalized spacial score (nSPS) is 9.92. The molecule has 0 unspecified atom stereocenters. The number of carbonyl (C=O) groups is 1. The maximum Gasteiger partial charge on any atom is 0.197 e. The van der Waals surface area contributed by atoms with E-state index in [1.165, 1.54) is 0 Å². The zero-order chi connectivity index (χ0) is 9.14. The monoisotopic (exact) mass is 172 g/mol. The molecule has 0 fully saturated rings. The van der Waals surface area contributed by atoms with Crippen molar-refractivity contribution < 1.29 is 13.6 Å². The van der Waals surface area contributed by atoms with E-state index in [0.29, 0.717) is 6.07 Å². The van der Waals surface area contributed by atoms with Crippen molar-refractivity contribution in [2.45, 2.75) is 0 Å². The summed E-state index contributed by atoms with van der Waals surface area (Å²) in [6.07, 6.45) is 0.770. The lowest BCUT2D eigenvalue weighted by Gasteiger charge is -1.97. The van der Waals surface area contributed by atoms with Crippen LogP contribution >= 0.6 is 0 Å². The molecule has 0 spiro atoms. The van der Waals surface area contributed by atoms with Crippen LogP contribution in [0.15, 0.2) is 12.3 Å². The van der Waals surface area contributed by atoms with Crippen LogP contribution in [0.3, 0.4) is 0 Å². The Morgan fingerprint density at radius 1 is 1.58 bits per heavy atom. The number of carbonyl (C=O) groups excluding carboxylic acids is 1. The van der Waals surface area contributed by atoms with Crippen LogP contribution < -0.4 is 5.73 Å². The number of Topliss-reactive ketones (excluding diaryl/α,β-unsaturated/α-hetero) is 1. The molecule has 0 atom stereocenters. The predicted octanol–water partition coefficient (Wildman–Crippen LogP) is 0.501. The second kappa shape index (κ2) is 3.36. The van der Waals surface area contributed by atoms with Crippen molar-refractivity contribution in [2.24, 2.45) is 5.73 Å². The molecular weight excluding hydrogens is 166 g/mol. The standard InChI is InChI=1S/C7H6F2N2O/c8-4-1-5(9)7(11-3-4)6(12)2-10/h1,3H,2,10H2. The fourth-order valence-electron chi connectivity index (χ4n) is 0.716. The molecule has 64 valence electrons. The van der Waals surface area contributed by atoms with E-state index in [0.717, 1.165) is 6.20 Å². The minimum atomic E-state index is -0.981. The van der Waals surface area contributed by atoms with Gasteiger partial charge in [-0.15, -0.1) is 0 Å². The number of halogens is 2. The lowest BCUT2D eigenvalue weighted by atomic mass is 10.2. The van der Waals surface area contributed by atoms with E-state index in [9.17, 15) is 13.6 Å². The minimum absolute atomic E-state index is 0.338. The van der Waals surface area contributed by atoms with Crippen LogP contribution in [0.5, 0.6) is 0 Å². The van der Waals surface area contributed by atoms with Gasteiger partial charge in [-0.05, 0) is 0 Å². The Kier molecular flexibility index (Phi) is 2.44. The number of nitrogens with zero attached hydrogens (tertiary/aromatic N) is 1. The van der Waals surface area contributed by atoms with Crippen LogP contribution in [0.4, 0.5) is 8.78 Å². The van der Waals surface area contributed by atoms with Gasteiger partial charge in [-0.2, -0.15) is 0 Å². The SMILES string of the molecule is NCC(=O)c1ncc(F)cc1F. The zero-order valence-corrected chi connectivity index (χ0v) is 6.05. The summed E-state index contributed by atoms with van der Waals surface area (Å²) in [6, 6.07) is 0.593. The van der Waals surface area contributed by atoms with Crippen molar-refractivity contribution in [3.8, 4) is 0 Å². The fraction of sp³-hybridized carbons (Fsp3) is 0.143. The topological polar surface area (TPSA) is 56.0 Å². The second-order valence-corrected chi connectivity index (χ2v) is 2.11. The Balaban J connectivity index is 3.09. The minimum Gasteiger partial charge on any atom is -0.324 e. The van der Waals surface area contributed by atoms with Crippen LogP contribution in [0, 0.1) is 11.6 Å². The molecule has 1 rings (SSSR count). The summed E-state index contributed by atoms with van der Waals surface area (Å²) in [5, 5.41) is 0. The average Bonchev–Trinajstić information content (AvgIpc) is 2.03. The summed E-state index contributed by atoms with van der Waals surface area (Å²) in [7, 11) is 0. The quantitative estimate of drug-likeness (QED) is 0.661. The number of nitrogens with two attached hydrogens (primary N) is 1. The summed E-state index contributed by atoms with van der Waals surface area (Å²) >= 11 is 0. The summed E-state index contributed by atoms with van der Waals surface area (Å²) in [5.41, 5.74) is 4.54. The summed E-state index contributed by atoms with van der Waals surface area (Å²) in [4.78, 5) is 14.1. The van der Waals surface area contributed by atoms with E-state index >= 15 is 0 Å². The van der Waals surface area contributed by atoms with Gasteiger partial charge in [-0.3, -0.25) is 4.79 Å². The van der Waals surface area contributed by atoms with Crippen LogP contribution in [0.25, 0.3) is 0 Å². The summed E-state index contributed by atoms with van der Waals surface area (Å²) < 4.78 is 25.0. The zero-order valence-electron chi connectivity index (χ0n) is 6.05. The van der Waals surface area contributed by atoms with Crippen molar-refractivity contribution in [1.29, 1.82) is 0 Å². The first kappa shape index (κ1) is 8.73. The molecule has 1 aromatic heterocycles. The van der Waals surface area contributed by atoms with Crippen molar-refractivity contribution in [3.63, 3.8) is 0 Å². The van der Waals surface area contributed by atoms with E-state index in [-0.39, 0.29) is 6.54 Å². The van der Waals surface area contributed by atoms with Crippen LogP contribution in [-0.2, 0) is 0 Å². The third-order valence-electron chi connectivity index (χ3n) is 1.26. The number of rotatable bonds is 2. The van der Waals surface area contributed by atoms with Gasteiger partial charge < -0.3 is 5.73 Å². The number of pyridine rings is 1. The van der Waals surface area contributed by atoms with Gasteiger partial charge in [0.2, 0.25) is 0 Å². The highest BCUT2D eigenvalue weighted by Gasteiger charge is 2.11. The lowest BCUT2D eigenvalue weighted by Crippen LogP contribution is -2.16. The van der Waals surface area contributed by atoms with E-state index in [1.807, 2.05) is 0 Å². The molecule has 1 heterocycles. The van der Waals surface area contributed by atoms with E-state index < -0.39 is 23.1 Å². The van der Waals surface area contributed by atoms with Gasteiger partial charge in [0.1, 0.15) is 11.5 Å². The van der Waals surface area contributed by atoms with Gasteiger partial charge in [0.25, 0.3) is 0 Å². The average molecular weight is 172 g/mol. The smallest absolute Gasteiger partial charge is 0.197 e. The number of hydrogen-bond donors (Lipinski definition) is 1. The number of aromatic nitrogens is 1. The first-order chi connectivity index (χ1) is 5.65. The Bertz CT molecular complexity index is 314. The van der Waals surface area contributed by atoms with E-state index in [4.69, 9.17) is 5.73 Å². The Hall–Kier alpha value is -1.36. The molecule has 0 saturated heterocycles. The Labute approximate surface area is 67.2 Å². The van der Waals surface area contributed by atoms with E-state index in [1.54, 1.807) is 0 Å². The first-order valence-corrected chi connectivity index (χ1v) is 3.19. The molecule has 1 aromatic rings. The Morgan fingerprint density at radius 2 is 2.25 bits per heavy atom. The van der Waals surface area contributed by atoms with Crippen LogP contribution in [0.1, 0.15) is 10.5 Å². The van der Waals surface area contributed by atoms with Gasteiger partial charge >= 0.3 is 0 Å². The maximum absolute atomic E-state index is 12.7. The highest BCUT2D eigenvalue weighted by molar-refractivity contribution is 5.95. The number of ketones is 1. The van der Waals surface area contributed by atoms with Crippen molar-refractivity contribution in [1.82, 2.24) is 4.98 Å². The van der Waals surface area contributed by atoms with Gasteiger partial charge in [-0.1, -0.05) is 0 Å². The molecule has 0 saturated carbocycles.